The third-order valence-corrected chi connectivity index (χ3v) is 4.56. The second-order valence-electron chi connectivity index (χ2n) is 6.78. The Morgan fingerprint density at radius 2 is 2.19 bits per heavy atom. The van der Waals surface area contributed by atoms with Crippen molar-refractivity contribution in [3.8, 4) is 5.75 Å². The van der Waals surface area contributed by atoms with Gasteiger partial charge in [0.25, 0.3) is 5.91 Å². The van der Waals surface area contributed by atoms with Gasteiger partial charge in [0, 0.05) is 10.9 Å². The lowest BCUT2D eigenvalue weighted by Gasteiger charge is -2.13. The summed E-state index contributed by atoms with van der Waals surface area (Å²) in [7, 11) is 0. The van der Waals surface area contributed by atoms with Crippen molar-refractivity contribution in [1.29, 1.82) is 0 Å². The number of hydrogen-bond acceptors (Lipinski definition) is 3. The Morgan fingerprint density at radius 3 is 2.92 bits per heavy atom. The number of rotatable bonds is 6. The van der Waals surface area contributed by atoms with Crippen LogP contribution in [-0.2, 0) is 0 Å². The number of aromatic nitrogens is 2. The maximum Gasteiger partial charge on any atom is 0.268 e. The average molecular weight is 353 g/mol. The molecule has 5 nitrogen and oxygen atoms in total. The summed E-state index contributed by atoms with van der Waals surface area (Å²) in [6, 6.07) is 9.56. The number of nitrogens with zero attached hydrogens (tertiary/aromatic N) is 1. The van der Waals surface area contributed by atoms with E-state index in [0.29, 0.717) is 17.1 Å². The molecule has 0 radical (unpaired) electrons. The molecule has 0 bridgehead atoms. The van der Waals surface area contributed by atoms with E-state index >= 15 is 0 Å². The molecule has 1 aliphatic carbocycles. The van der Waals surface area contributed by atoms with Gasteiger partial charge in [-0.2, -0.15) is 0 Å². The van der Waals surface area contributed by atoms with Gasteiger partial charge in [-0.25, -0.2) is 4.39 Å². The van der Waals surface area contributed by atoms with E-state index in [1.54, 1.807) is 18.3 Å². The van der Waals surface area contributed by atoms with Crippen molar-refractivity contribution in [3.05, 3.63) is 59.8 Å². The van der Waals surface area contributed by atoms with Crippen LogP contribution in [0.25, 0.3) is 10.9 Å². The van der Waals surface area contributed by atoms with Gasteiger partial charge in [0.15, 0.2) is 0 Å². The molecule has 1 saturated carbocycles. The Labute approximate surface area is 150 Å². The van der Waals surface area contributed by atoms with Crippen molar-refractivity contribution in [2.45, 2.75) is 25.8 Å². The van der Waals surface area contributed by atoms with Gasteiger partial charge in [0.1, 0.15) is 17.3 Å². The standard InChI is InChI=1S/C20H20FN3O2/c1-12(17-7-6-16(10-22-17)26-11-13-2-3-13)23-20(25)19-8-14-4-5-15(21)9-18(14)24-19/h4-10,12-13,24H,2-3,11H2,1H3,(H,23,25). The second-order valence-corrected chi connectivity index (χ2v) is 6.78. The number of carbonyl (C=O) groups is 1. The maximum atomic E-state index is 13.3. The first-order valence-electron chi connectivity index (χ1n) is 8.76. The number of hydrogen-bond donors (Lipinski definition) is 2. The van der Waals surface area contributed by atoms with Crippen LogP contribution >= 0.6 is 0 Å². The summed E-state index contributed by atoms with van der Waals surface area (Å²) in [4.78, 5) is 19.8. The smallest absolute Gasteiger partial charge is 0.268 e. The minimum absolute atomic E-state index is 0.259. The molecule has 0 spiro atoms. The fourth-order valence-electron chi connectivity index (χ4n) is 2.80. The molecule has 1 aromatic carbocycles. The van der Waals surface area contributed by atoms with Crippen molar-refractivity contribution in [2.75, 3.05) is 6.61 Å². The molecular weight excluding hydrogens is 333 g/mol. The van der Waals surface area contributed by atoms with Crippen LogP contribution in [0.5, 0.6) is 5.75 Å². The molecule has 1 atom stereocenters. The third kappa shape index (κ3) is 3.69. The molecule has 2 heterocycles. The highest BCUT2D eigenvalue weighted by Gasteiger charge is 2.22. The van der Waals surface area contributed by atoms with Crippen LogP contribution in [0, 0.1) is 11.7 Å². The molecule has 1 aliphatic rings. The zero-order valence-electron chi connectivity index (χ0n) is 14.5. The molecule has 6 heteroatoms. The number of benzene rings is 1. The minimum atomic E-state index is -0.340. The zero-order valence-corrected chi connectivity index (χ0v) is 14.5. The number of carbonyl (C=O) groups excluding carboxylic acids is 1. The summed E-state index contributed by atoms with van der Waals surface area (Å²) in [6.07, 6.45) is 4.18. The molecule has 1 fully saturated rings. The van der Waals surface area contributed by atoms with Gasteiger partial charge in [-0.15, -0.1) is 0 Å². The Bertz CT molecular complexity index is 932. The molecule has 26 heavy (non-hydrogen) atoms. The van der Waals surface area contributed by atoms with Crippen molar-refractivity contribution in [2.24, 2.45) is 5.92 Å². The Balaban J connectivity index is 1.40. The van der Waals surface area contributed by atoms with E-state index in [0.717, 1.165) is 23.4 Å². The lowest BCUT2D eigenvalue weighted by molar-refractivity contribution is 0.0935. The van der Waals surface area contributed by atoms with E-state index in [2.05, 4.69) is 15.3 Å². The predicted octanol–water partition coefficient (Wildman–Crippen LogP) is 3.98. The highest BCUT2D eigenvalue weighted by Crippen LogP contribution is 2.29. The second kappa shape index (κ2) is 6.78. The quantitative estimate of drug-likeness (QED) is 0.704. The predicted molar refractivity (Wildman–Crippen MR) is 96.6 cm³/mol. The van der Waals surface area contributed by atoms with Gasteiger partial charge in [0.2, 0.25) is 0 Å². The van der Waals surface area contributed by atoms with E-state index in [1.807, 2.05) is 19.1 Å². The number of halogens is 1. The zero-order chi connectivity index (χ0) is 18.1. The van der Waals surface area contributed by atoms with Gasteiger partial charge in [-0.1, -0.05) is 0 Å². The number of aromatic amines is 1. The molecule has 134 valence electrons. The van der Waals surface area contributed by atoms with Gasteiger partial charge < -0.3 is 15.0 Å². The minimum Gasteiger partial charge on any atom is -0.492 e. The van der Waals surface area contributed by atoms with Crippen LogP contribution in [0.4, 0.5) is 4.39 Å². The monoisotopic (exact) mass is 353 g/mol. The van der Waals surface area contributed by atoms with Crippen LogP contribution in [0.1, 0.15) is 42.0 Å². The first-order chi connectivity index (χ1) is 12.6. The van der Waals surface area contributed by atoms with E-state index in [-0.39, 0.29) is 17.8 Å². The lowest BCUT2D eigenvalue weighted by atomic mass is 10.2. The third-order valence-electron chi connectivity index (χ3n) is 4.56. The number of amides is 1. The van der Waals surface area contributed by atoms with Crippen LogP contribution in [-0.4, -0.2) is 22.5 Å². The van der Waals surface area contributed by atoms with E-state index in [9.17, 15) is 9.18 Å². The average Bonchev–Trinajstić information content (AvgIpc) is 3.37. The van der Waals surface area contributed by atoms with Gasteiger partial charge in [-0.05, 0) is 62.1 Å². The summed E-state index contributed by atoms with van der Waals surface area (Å²) in [5, 5.41) is 3.69. The highest BCUT2D eigenvalue weighted by atomic mass is 19.1. The fraction of sp³-hybridized carbons (Fsp3) is 0.300. The lowest BCUT2D eigenvalue weighted by Crippen LogP contribution is -2.27. The molecule has 1 unspecified atom stereocenters. The highest BCUT2D eigenvalue weighted by molar-refractivity contribution is 5.98. The van der Waals surface area contributed by atoms with Crippen LogP contribution in [0.3, 0.4) is 0 Å². The summed E-state index contributed by atoms with van der Waals surface area (Å²) in [5.41, 5.74) is 1.74. The van der Waals surface area contributed by atoms with E-state index in [1.165, 1.54) is 25.0 Å². The number of ether oxygens (including phenoxy) is 1. The van der Waals surface area contributed by atoms with Crippen molar-refractivity contribution in [1.82, 2.24) is 15.3 Å². The van der Waals surface area contributed by atoms with Crippen LogP contribution < -0.4 is 10.1 Å². The molecular formula is C20H20FN3O2. The molecule has 0 saturated heterocycles. The Kier molecular flexibility index (Phi) is 4.32. The van der Waals surface area contributed by atoms with Crippen molar-refractivity contribution >= 4 is 16.8 Å². The number of fused-ring (bicyclic) bond motifs is 1. The SMILES string of the molecule is CC(NC(=O)c1cc2ccc(F)cc2[nH]1)c1ccc(OCC2CC2)cn1. The van der Waals surface area contributed by atoms with Gasteiger partial charge >= 0.3 is 0 Å². The molecule has 3 aromatic rings. The van der Waals surface area contributed by atoms with Crippen molar-refractivity contribution < 1.29 is 13.9 Å². The Hall–Kier alpha value is -2.89. The topological polar surface area (TPSA) is 67.0 Å². The number of nitrogens with one attached hydrogen (secondary N) is 2. The normalized spacial score (nSPS) is 15.0. The van der Waals surface area contributed by atoms with Crippen LogP contribution in [0.2, 0.25) is 0 Å². The summed E-state index contributed by atoms with van der Waals surface area (Å²) >= 11 is 0. The molecule has 2 aromatic heterocycles. The van der Waals surface area contributed by atoms with Gasteiger partial charge in [0.05, 0.1) is 24.5 Å². The molecule has 0 aliphatic heterocycles. The Morgan fingerprint density at radius 1 is 1.35 bits per heavy atom. The largest absolute Gasteiger partial charge is 0.492 e. The summed E-state index contributed by atoms with van der Waals surface area (Å²) in [6.45, 7) is 2.61. The first kappa shape index (κ1) is 16.6. The maximum absolute atomic E-state index is 13.3. The fourth-order valence-corrected chi connectivity index (χ4v) is 2.80. The summed E-state index contributed by atoms with van der Waals surface area (Å²) < 4.78 is 18.9. The summed E-state index contributed by atoms with van der Waals surface area (Å²) in [5.74, 6) is 0.840. The number of H-pyrrole nitrogens is 1. The number of pyridine rings is 1. The van der Waals surface area contributed by atoms with E-state index < -0.39 is 0 Å². The van der Waals surface area contributed by atoms with Gasteiger partial charge in [-0.3, -0.25) is 9.78 Å². The first-order valence-corrected chi connectivity index (χ1v) is 8.76. The van der Waals surface area contributed by atoms with Crippen LogP contribution in [0.15, 0.2) is 42.6 Å². The van der Waals surface area contributed by atoms with Crippen molar-refractivity contribution in [3.63, 3.8) is 0 Å². The molecule has 4 rings (SSSR count). The van der Waals surface area contributed by atoms with E-state index in [4.69, 9.17) is 4.74 Å². The molecule has 1 amide bonds. The molecule has 2 N–H and O–H groups in total.